The van der Waals surface area contributed by atoms with Crippen molar-refractivity contribution < 1.29 is 9.66 Å². The van der Waals surface area contributed by atoms with Gasteiger partial charge in [-0.05, 0) is 18.9 Å². The van der Waals surface area contributed by atoms with E-state index in [-0.39, 0.29) is 17.3 Å². The van der Waals surface area contributed by atoms with Crippen molar-refractivity contribution in [3.8, 4) is 0 Å². The largest absolute Gasteiger partial charge is 0.384 e. The minimum atomic E-state index is -0.475. The second kappa shape index (κ2) is 7.04. The molecule has 1 aliphatic carbocycles. The Balaban J connectivity index is 1.81. The molecule has 0 unspecified atom stereocenters. The summed E-state index contributed by atoms with van der Waals surface area (Å²) in [6, 6.07) is 2.77. The maximum atomic E-state index is 10.9. The summed E-state index contributed by atoms with van der Waals surface area (Å²) in [5, 5.41) is 13.8. The highest BCUT2D eigenvalue weighted by Gasteiger charge is 2.16. The van der Waals surface area contributed by atoms with Crippen molar-refractivity contribution in [2.24, 2.45) is 0 Å². The van der Waals surface area contributed by atoms with Crippen molar-refractivity contribution in [3.05, 3.63) is 22.2 Å². The number of pyridine rings is 1. The Hall–Kier alpha value is -1.89. The van der Waals surface area contributed by atoms with Gasteiger partial charge in [-0.2, -0.15) is 0 Å². The third kappa shape index (κ3) is 4.06. The summed E-state index contributed by atoms with van der Waals surface area (Å²) in [7, 11) is 0. The van der Waals surface area contributed by atoms with Gasteiger partial charge in [0.15, 0.2) is 0 Å². The topological polar surface area (TPSA) is 103 Å². The highest BCUT2D eigenvalue weighted by Crippen LogP contribution is 2.23. The molecule has 0 atom stereocenters. The lowest BCUT2D eigenvalue weighted by Gasteiger charge is -2.22. The average Bonchev–Trinajstić information content (AvgIpc) is 2.44. The Kier molecular flexibility index (Phi) is 5.11. The third-order valence-corrected chi connectivity index (χ3v) is 3.39. The van der Waals surface area contributed by atoms with Crippen molar-refractivity contribution in [1.82, 2.24) is 4.98 Å². The van der Waals surface area contributed by atoms with Crippen LogP contribution in [0.4, 0.5) is 17.3 Å². The van der Waals surface area contributed by atoms with Crippen LogP contribution >= 0.6 is 0 Å². The number of nitrogen functional groups attached to an aromatic ring is 1. The molecule has 1 aromatic rings. The van der Waals surface area contributed by atoms with E-state index in [4.69, 9.17) is 10.5 Å². The summed E-state index contributed by atoms with van der Waals surface area (Å²) >= 11 is 0. The molecule has 0 spiro atoms. The molecular formula is C13H20N4O3. The van der Waals surface area contributed by atoms with Crippen LogP contribution in [0.5, 0.6) is 0 Å². The fourth-order valence-corrected chi connectivity index (χ4v) is 2.37. The predicted molar refractivity (Wildman–Crippen MR) is 76.6 cm³/mol. The number of ether oxygens (including phenoxy) is 1. The van der Waals surface area contributed by atoms with Gasteiger partial charge >= 0.3 is 5.69 Å². The van der Waals surface area contributed by atoms with Gasteiger partial charge in [0.2, 0.25) is 5.82 Å². The van der Waals surface area contributed by atoms with Crippen LogP contribution in [-0.4, -0.2) is 29.2 Å². The van der Waals surface area contributed by atoms with Crippen molar-refractivity contribution in [2.45, 2.75) is 38.2 Å². The minimum Gasteiger partial charge on any atom is -0.384 e. The van der Waals surface area contributed by atoms with E-state index in [0.29, 0.717) is 19.3 Å². The Morgan fingerprint density at radius 3 is 2.85 bits per heavy atom. The van der Waals surface area contributed by atoms with Gasteiger partial charge in [-0.1, -0.05) is 19.3 Å². The van der Waals surface area contributed by atoms with Crippen LogP contribution in [0.15, 0.2) is 12.1 Å². The fraction of sp³-hybridized carbons (Fsp3) is 0.615. The number of aromatic nitrogens is 1. The normalized spacial score (nSPS) is 16.0. The number of nitrogens with one attached hydrogen (secondary N) is 1. The molecule has 1 heterocycles. The quantitative estimate of drug-likeness (QED) is 0.471. The molecule has 0 aromatic carbocycles. The maximum Gasteiger partial charge on any atom is 0.311 e. The summed E-state index contributed by atoms with van der Waals surface area (Å²) in [6.07, 6.45) is 6.28. The molecule has 7 nitrogen and oxygen atoms in total. The van der Waals surface area contributed by atoms with E-state index in [1.165, 1.54) is 31.4 Å². The monoisotopic (exact) mass is 280 g/mol. The molecule has 7 heteroatoms. The number of anilines is 2. The molecule has 1 aliphatic rings. The number of nitro groups is 1. The maximum absolute atomic E-state index is 10.9. The number of nitrogens with two attached hydrogens (primary N) is 1. The van der Waals surface area contributed by atoms with Crippen LogP contribution in [0.2, 0.25) is 0 Å². The van der Waals surface area contributed by atoms with E-state index in [1.54, 1.807) is 0 Å². The predicted octanol–water partition coefficient (Wildman–Crippen LogP) is 2.33. The van der Waals surface area contributed by atoms with E-state index >= 15 is 0 Å². The zero-order valence-electron chi connectivity index (χ0n) is 11.4. The zero-order chi connectivity index (χ0) is 14.4. The van der Waals surface area contributed by atoms with E-state index < -0.39 is 4.92 Å². The molecular weight excluding hydrogens is 260 g/mol. The first-order valence-corrected chi connectivity index (χ1v) is 6.93. The minimum absolute atomic E-state index is 0.0723. The van der Waals surface area contributed by atoms with Crippen molar-refractivity contribution in [2.75, 3.05) is 24.2 Å². The summed E-state index contributed by atoms with van der Waals surface area (Å²) in [6.45, 7) is 0.992. The van der Waals surface area contributed by atoms with Gasteiger partial charge in [0.05, 0.1) is 17.6 Å². The van der Waals surface area contributed by atoms with Gasteiger partial charge < -0.3 is 15.8 Å². The van der Waals surface area contributed by atoms with Crippen molar-refractivity contribution in [1.29, 1.82) is 0 Å². The number of nitrogens with zero attached hydrogens (tertiary/aromatic N) is 2. The Bertz CT molecular complexity index is 461. The van der Waals surface area contributed by atoms with Gasteiger partial charge in [-0.3, -0.25) is 10.1 Å². The molecule has 1 saturated carbocycles. The molecule has 0 saturated heterocycles. The summed E-state index contributed by atoms with van der Waals surface area (Å²) in [5.41, 5.74) is 5.47. The Morgan fingerprint density at radius 1 is 1.40 bits per heavy atom. The number of hydrogen-bond acceptors (Lipinski definition) is 6. The van der Waals surface area contributed by atoms with Crippen LogP contribution < -0.4 is 11.1 Å². The standard InChI is InChI=1S/C13H20N4O3/c14-12-7-6-11(17(18)19)13(16-12)15-8-9-20-10-4-2-1-3-5-10/h6-7,10H,1-5,8-9H2,(H3,14,15,16). The molecule has 20 heavy (non-hydrogen) atoms. The van der Waals surface area contributed by atoms with Gasteiger partial charge in [-0.15, -0.1) is 0 Å². The van der Waals surface area contributed by atoms with Gasteiger partial charge in [0, 0.05) is 12.6 Å². The van der Waals surface area contributed by atoms with Crippen molar-refractivity contribution >= 4 is 17.3 Å². The molecule has 0 amide bonds. The first-order valence-electron chi connectivity index (χ1n) is 6.93. The lowest BCUT2D eigenvalue weighted by Crippen LogP contribution is -2.21. The molecule has 1 aromatic heterocycles. The Labute approximate surface area is 117 Å². The van der Waals surface area contributed by atoms with Gasteiger partial charge in [0.25, 0.3) is 0 Å². The summed E-state index contributed by atoms with van der Waals surface area (Å²) in [5.74, 6) is 0.452. The summed E-state index contributed by atoms with van der Waals surface area (Å²) < 4.78 is 5.74. The van der Waals surface area contributed by atoms with Crippen LogP contribution in [-0.2, 0) is 4.74 Å². The van der Waals surface area contributed by atoms with E-state index in [2.05, 4.69) is 10.3 Å². The molecule has 3 N–H and O–H groups in total. The molecule has 1 fully saturated rings. The van der Waals surface area contributed by atoms with Crippen LogP contribution in [0.3, 0.4) is 0 Å². The van der Waals surface area contributed by atoms with E-state index in [9.17, 15) is 10.1 Å². The molecule has 0 radical (unpaired) electrons. The lowest BCUT2D eigenvalue weighted by molar-refractivity contribution is -0.384. The second-order valence-electron chi connectivity index (χ2n) is 4.92. The van der Waals surface area contributed by atoms with Crippen LogP contribution in [0.1, 0.15) is 32.1 Å². The first kappa shape index (κ1) is 14.5. The average molecular weight is 280 g/mol. The zero-order valence-corrected chi connectivity index (χ0v) is 11.4. The molecule has 110 valence electrons. The third-order valence-electron chi connectivity index (χ3n) is 3.39. The fourth-order valence-electron chi connectivity index (χ4n) is 2.37. The lowest BCUT2D eigenvalue weighted by atomic mass is 9.98. The van der Waals surface area contributed by atoms with Gasteiger partial charge in [-0.25, -0.2) is 4.98 Å². The first-order chi connectivity index (χ1) is 9.66. The highest BCUT2D eigenvalue weighted by molar-refractivity contribution is 5.59. The van der Waals surface area contributed by atoms with Gasteiger partial charge in [0.1, 0.15) is 5.82 Å². The number of rotatable bonds is 6. The molecule has 0 bridgehead atoms. The Morgan fingerprint density at radius 2 is 2.15 bits per heavy atom. The summed E-state index contributed by atoms with van der Waals surface area (Å²) in [4.78, 5) is 14.3. The number of hydrogen-bond donors (Lipinski definition) is 2. The van der Waals surface area contributed by atoms with Crippen molar-refractivity contribution in [3.63, 3.8) is 0 Å². The highest BCUT2D eigenvalue weighted by atomic mass is 16.6. The smallest absolute Gasteiger partial charge is 0.311 e. The van der Waals surface area contributed by atoms with Crippen LogP contribution in [0.25, 0.3) is 0 Å². The molecule has 0 aliphatic heterocycles. The molecule has 2 rings (SSSR count). The second-order valence-corrected chi connectivity index (χ2v) is 4.92. The van der Waals surface area contributed by atoms with E-state index in [1.807, 2.05) is 0 Å². The SMILES string of the molecule is Nc1ccc([N+](=O)[O-])c(NCCOC2CCCCC2)n1. The van der Waals surface area contributed by atoms with E-state index in [0.717, 1.165) is 12.8 Å². The van der Waals surface area contributed by atoms with Crippen LogP contribution in [0, 0.1) is 10.1 Å².